The number of carbonyl (C=O) groups is 2. The molecule has 1 N–H and O–H groups in total. The smallest absolute Gasteiger partial charge is 0.342 e. The molecule has 1 aliphatic heterocycles. The molecule has 1 aliphatic carbocycles. The zero-order valence-corrected chi connectivity index (χ0v) is 22.9. The Labute approximate surface area is 230 Å². The maximum atomic E-state index is 14.2. The molecule has 0 unspecified atom stereocenters. The van der Waals surface area contributed by atoms with Crippen LogP contribution in [-0.4, -0.2) is 34.1 Å². The summed E-state index contributed by atoms with van der Waals surface area (Å²) in [4.78, 5) is 32.9. The van der Waals surface area contributed by atoms with Gasteiger partial charge in [-0.15, -0.1) is 0 Å². The van der Waals surface area contributed by atoms with Crippen molar-refractivity contribution in [2.45, 2.75) is 50.2 Å². The van der Waals surface area contributed by atoms with Crippen LogP contribution in [0.5, 0.6) is 0 Å². The fourth-order valence-corrected chi connectivity index (χ4v) is 5.80. The van der Waals surface area contributed by atoms with Crippen LogP contribution in [0.15, 0.2) is 106 Å². The van der Waals surface area contributed by atoms with Gasteiger partial charge in [0.1, 0.15) is 11.4 Å². The number of esters is 2. The van der Waals surface area contributed by atoms with E-state index < -0.39 is 34.9 Å². The zero-order valence-electron chi connectivity index (χ0n) is 21.4. The van der Waals surface area contributed by atoms with Crippen molar-refractivity contribution in [3.63, 3.8) is 0 Å². The quantitative estimate of drug-likeness (QED) is 0.354. The molecule has 0 radical (unpaired) electrons. The number of benzene rings is 3. The van der Waals surface area contributed by atoms with Crippen molar-refractivity contribution < 1.29 is 24.2 Å². The monoisotopic (exact) mass is 573 g/mol. The summed E-state index contributed by atoms with van der Waals surface area (Å²) in [6, 6.07) is 26.0. The number of rotatable bonds is 4. The molecule has 3 aromatic carbocycles. The van der Waals surface area contributed by atoms with Crippen molar-refractivity contribution in [2.75, 3.05) is 0 Å². The molecule has 3 atom stereocenters. The fourth-order valence-electron chi connectivity index (χ4n) is 5.29. The number of hydrogen-bond acceptors (Lipinski definition) is 6. The molecule has 7 heteroatoms. The van der Waals surface area contributed by atoms with Crippen LogP contribution in [-0.2, 0) is 19.1 Å². The topological polar surface area (TPSA) is 85.2 Å². The van der Waals surface area contributed by atoms with Gasteiger partial charge in [0.25, 0.3) is 0 Å². The summed E-state index contributed by atoms with van der Waals surface area (Å²) in [6.45, 7) is 5.28. The number of ether oxygens (including phenoxy) is 2. The van der Waals surface area contributed by atoms with E-state index >= 15 is 0 Å². The maximum Gasteiger partial charge on any atom is 0.342 e. The first-order valence-electron chi connectivity index (χ1n) is 12.4. The molecule has 194 valence electrons. The Morgan fingerprint density at radius 3 is 2.24 bits per heavy atom. The van der Waals surface area contributed by atoms with Crippen molar-refractivity contribution in [3.05, 3.63) is 117 Å². The molecular formula is C31H28BrNO5. The van der Waals surface area contributed by atoms with Crippen LogP contribution in [0.25, 0.3) is 0 Å². The summed E-state index contributed by atoms with van der Waals surface area (Å²) in [5.74, 6) is -2.83. The average molecular weight is 574 g/mol. The molecule has 3 aromatic rings. The second-order valence-electron chi connectivity index (χ2n) is 10.5. The van der Waals surface area contributed by atoms with Crippen molar-refractivity contribution in [3.8, 4) is 0 Å². The van der Waals surface area contributed by atoms with Gasteiger partial charge in [-0.05, 0) is 50.1 Å². The lowest BCUT2D eigenvalue weighted by Crippen LogP contribution is -2.51. The lowest BCUT2D eigenvalue weighted by molar-refractivity contribution is -0.151. The molecule has 0 bridgehead atoms. The molecule has 0 saturated carbocycles. The van der Waals surface area contributed by atoms with Crippen molar-refractivity contribution >= 4 is 33.8 Å². The normalized spacial score (nSPS) is 23.3. The van der Waals surface area contributed by atoms with E-state index in [9.17, 15) is 14.7 Å². The van der Waals surface area contributed by atoms with Crippen LogP contribution in [0.2, 0.25) is 0 Å². The third kappa shape index (κ3) is 4.56. The predicted molar refractivity (Wildman–Crippen MR) is 148 cm³/mol. The van der Waals surface area contributed by atoms with Gasteiger partial charge in [0.15, 0.2) is 5.54 Å². The summed E-state index contributed by atoms with van der Waals surface area (Å²) in [5, 5.41) is 11.5. The van der Waals surface area contributed by atoms with Crippen molar-refractivity contribution in [2.24, 2.45) is 4.99 Å². The van der Waals surface area contributed by atoms with E-state index in [1.54, 1.807) is 20.8 Å². The molecule has 38 heavy (non-hydrogen) atoms. The van der Waals surface area contributed by atoms with Crippen LogP contribution < -0.4 is 0 Å². The van der Waals surface area contributed by atoms with Crippen LogP contribution in [0.3, 0.4) is 0 Å². The van der Waals surface area contributed by atoms with E-state index in [-0.39, 0.29) is 23.7 Å². The van der Waals surface area contributed by atoms with Crippen molar-refractivity contribution in [1.29, 1.82) is 0 Å². The largest absolute Gasteiger partial charge is 0.512 e. The van der Waals surface area contributed by atoms with E-state index in [2.05, 4.69) is 15.9 Å². The van der Waals surface area contributed by atoms with Gasteiger partial charge in [0.05, 0.1) is 11.5 Å². The van der Waals surface area contributed by atoms with E-state index in [0.717, 1.165) is 5.56 Å². The van der Waals surface area contributed by atoms with Crippen LogP contribution in [0.4, 0.5) is 0 Å². The SMILES string of the molecule is CC(C)(C)OC(=O)C1=C(O)C[C@H](c2ccccc2)[C@@]2(N=C(c3ccccc3)OC2=O)[C@H]1c1ccccc1Br. The fraction of sp³-hybridized carbons (Fsp3) is 0.258. The summed E-state index contributed by atoms with van der Waals surface area (Å²) in [6.07, 6.45) is 0.0141. The molecular weight excluding hydrogens is 546 g/mol. The minimum Gasteiger partial charge on any atom is -0.512 e. The standard InChI is InChI=1S/C31H28BrNO5/c1-30(2,3)38-28(35)25-24(34)18-22(19-12-6-4-7-13-19)31(26(25)21-16-10-11-17-23(21)32)29(36)37-27(33-31)20-14-8-5-9-15-20/h4-17,22,26,34H,18H2,1-3H3/t22-,26+,31-/m1/s1. The van der Waals surface area contributed by atoms with E-state index in [4.69, 9.17) is 14.5 Å². The Bertz CT molecular complexity index is 1440. The highest BCUT2D eigenvalue weighted by Gasteiger charge is 2.63. The highest BCUT2D eigenvalue weighted by molar-refractivity contribution is 9.10. The summed E-state index contributed by atoms with van der Waals surface area (Å²) in [5.41, 5.74) is -0.317. The number of aliphatic hydroxyl groups is 1. The lowest BCUT2D eigenvalue weighted by Gasteiger charge is -2.43. The second kappa shape index (κ2) is 9.87. The number of allylic oxidation sites excluding steroid dienone is 1. The van der Waals surface area contributed by atoms with Gasteiger partial charge >= 0.3 is 11.9 Å². The van der Waals surface area contributed by atoms with E-state index in [1.807, 2.05) is 84.9 Å². The Hall–Kier alpha value is -3.71. The van der Waals surface area contributed by atoms with Gasteiger partial charge in [-0.3, -0.25) is 0 Å². The minimum atomic E-state index is -1.57. The molecule has 0 saturated heterocycles. The summed E-state index contributed by atoms with van der Waals surface area (Å²) < 4.78 is 12.3. The highest BCUT2D eigenvalue weighted by Crippen LogP contribution is 2.57. The van der Waals surface area contributed by atoms with Crippen LogP contribution >= 0.6 is 15.9 Å². The molecule has 0 aromatic heterocycles. The van der Waals surface area contributed by atoms with E-state index in [0.29, 0.717) is 15.6 Å². The number of carbonyl (C=O) groups excluding carboxylic acids is 2. The van der Waals surface area contributed by atoms with Gasteiger partial charge in [0.2, 0.25) is 5.90 Å². The van der Waals surface area contributed by atoms with Gasteiger partial charge in [-0.1, -0.05) is 82.7 Å². The lowest BCUT2D eigenvalue weighted by atomic mass is 9.61. The predicted octanol–water partition coefficient (Wildman–Crippen LogP) is 6.62. The number of nitrogens with zero attached hydrogens (tertiary/aromatic N) is 1. The number of halogens is 1. The zero-order chi connectivity index (χ0) is 27.1. The Morgan fingerprint density at radius 1 is 1.00 bits per heavy atom. The molecule has 2 aliphatic rings. The number of aliphatic hydroxyl groups excluding tert-OH is 1. The first kappa shape index (κ1) is 25.9. The van der Waals surface area contributed by atoms with Gasteiger partial charge in [-0.25, -0.2) is 14.6 Å². The maximum absolute atomic E-state index is 14.2. The second-order valence-corrected chi connectivity index (χ2v) is 11.3. The number of hydrogen-bond donors (Lipinski definition) is 1. The Kier molecular flexibility index (Phi) is 6.73. The third-order valence-corrected chi connectivity index (χ3v) is 7.55. The number of cyclic esters (lactones) is 1. The third-order valence-electron chi connectivity index (χ3n) is 6.83. The van der Waals surface area contributed by atoms with Crippen LogP contribution in [0.1, 0.15) is 55.7 Å². The molecule has 5 rings (SSSR count). The summed E-state index contributed by atoms with van der Waals surface area (Å²) >= 11 is 3.62. The first-order chi connectivity index (χ1) is 18.1. The van der Waals surface area contributed by atoms with Crippen LogP contribution in [0, 0.1) is 0 Å². The summed E-state index contributed by atoms with van der Waals surface area (Å²) in [7, 11) is 0. The molecule has 6 nitrogen and oxygen atoms in total. The first-order valence-corrected chi connectivity index (χ1v) is 13.2. The van der Waals surface area contributed by atoms with Gasteiger partial charge in [-0.2, -0.15) is 0 Å². The molecule has 0 fully saturated rings. The average Bonchev–Trinajstić information content (AvgIpc) is 3.22. The minimum absolute atomic E-state index is 0.00835. The molecule has 1 heterocycles. The Balaban J connectivity index is 1.82. The van der Waals surface area contributed by atoms with Gasteiger partial charge < -0.3 is 14.6 Å². The molecule has 1 spiro atoms. The molecule has 0 amide bonds. The van der Waals surface area contributed by atoms with Gasteiger partial charge in [0, 0.05) is 22.4 Å². The number of aliphatic imine (C=N–C) groups is 1. The Morgan fingerprint density at radius 2 is 1.61 bits per heavy atom. The van der Waals surface area contributed by atoms with E-state index in [1.165, 1.54) is 0 Å². The highest BCUT2D eigenvalue weighted by atomic mass is 79.9. The van der Waals surface area contributed by atoms with Crippen molar-refractivity contribution in [1.82, 2.24) is 0 Å².